The van der Waals surface area contributed by atoms with Gasteiger partial charge in [0.15, 0.2) is 0 Å². The van der Waals surface area contributed by atoms with Crippen LogP contribution in [0.3, 0.4) is 0 Å². The van der Waals surface area contributed by atoms with E-state index in [1.807, 2.05) is 12.1 Å². The standard InChI is InChI=1S/C15H26N2O3S/c1-4-10-16-12-14-5-7-15(8-6-14)21(19,20)17(3)11-9-13(2)18/h5-8,13,16,18H,4,9-12H2,1-3H3. The van der Waals surface area contributed by atoms with Crippen molar-refractivity contribution in [3.05, 3.63) is 29.8 Å². The Balaban J connectivity index is 2.70. The summed E-state index contributed by atoms with van der Waals surface area (Å²) >= 11 is 0. The summed E-state index contributed by atoms with van der Waals surface area (Å²) in [6.07, 6.45) is 0.990. The Hall–Kier alpha value is -0.950. The molecule has 2 N–H and O–H groups in total. The van der Waals surface area contributed by atoms with Gasteiger partial charge in [-0.1, -0.05) is 19.1 Å². The molecule has 0 aliphatic carbocycles. The van der Waals surface area contributed by atoms with Crippen LogP contribution in [0.1, 0.15) is 32.3 Å². The van der Waals surface area contributed by atoms with Crippen LogP contribution < -0.4 is 5.32 Å². The number of hydrogen-bond donors (Lipinski definition) is 2. The third kappa shape index (κ3) is 5.74. The van der Waals surface area contributed by atoms with Crippen LogP contribution in [0.15, 0.2) is 29.2 Å². The Bertz CT molecular complexity index is 512. The molecule has 0 heterocycles. The Kier molecular flexibility index (Phi) is 7.31. The van der Waals surface area contributed by atoms with Gasteiger partial charge in [0.2, 0.25) is 10.0 Å². The van der Waals surface area contributed by atoms with Gasteiger partial charge in [0.1, 0.15) is 0 Å². The minimum atomic E-state index is -3.47. The van der Waals surface area contributed by atoms with Gasteiger partial charge in [-0.15, -0.1) is 0 Å². The molecule has 1 rings (SSSR count). The number of nitrogens with zero attached hydrogens (tertiary/aromatic N) is 1. The first kappa shape index (κ1) is 18.1. The highest BCUT2D eigenvalue weighted by Gasteiger charge is 2.20. The molecule has 0 aromatic heterocycles. The normalized spacial score (nSPS) is 13.6. The molecule has 6 heteroatoms. The molecule has 0 spiro atoms. The van der Waals surface area contributed by atoms with Crippen LogP contribution in [0.5, 0.6) is 0 Å². The van der Waals surface area contributed by atoms with Crippen LogP contribution in [-0.2, 0) is 16.6 Å². The minimum Gasteiger partial charge on any atom is -0.393 e. The number of aliphatic hydroxyl groups excluding tert-OH is 1. The Labute approximate surface area is 128 Å². The zero-order valence-electron chi connectivity index (χ0n) is 13.0. The van der Waals surface area contributed by atoms with Crippen molar-refractivity contribution in [1.82, 2.24) is 9.62 Å². The minimum absolute atomic E-state index is 0.287. The SMILES string of the molecule is CCCNCc1ccc(S(=O)(=O)N(C)CCC(C)O)cc1. The number of aliphatic hydroxyl groups is 1. The average Bonchev–Trinajstić information content (AvgIpc) is 2.45. The molecule has 0 saturated carbocycles. The fourth-order valence-corrected chi connectivity index (χ4v) is 3.04. The van der Waals surface area contributed by atoms with E-state index in [-0.39, 0.29) is 4.90 Å². The molecule has 1 aromatic rings. The quantitative estimate of drug-likeness (QED) is 0.679. The Morgan fingerprint density at radius 1 is 1.29 bits per heavy atom. The molecule has 120 valence electrons. The van der Waals surface area contributed by atoms with Crippen LogP contribution in [0, 0.1) is 0 Å². The van der Waals surface area contributed by atoms with Crippen molar-refractivity contribution in [2.75, 3.05) is 20.1 Å². The number of sulfonamides is 1. The molecule has 0 radical (unpaired) electrons. The lowest BCUT2D eigenvalue weighted by Crippen LogP contribution is -2.29. The van der Waals surface area contributed by atoms with Crippen molar-refractivity contribution in [2.24, 2.45) is 0 Å². The zero-order chi connectivity index (χ0) is 15.9. The van der Waals surface area contributed by atoms with Crippen LogP contribution in [0.2, 0.25) is 0 Å². The number of hydrogen-bond acceptors (Lipinski definition) is 4. The van der Waals surface area contributed by atoms with Crippen LogP contribution in [0.4, 0.5) is 0 Å². The third-order valence-electron chi connectivity index (χ3n) is 3.25. The maximum atomic E-state index is 12.3. The first-order valence-corrected chi connectivity index (χ1v) is 8.76. The Morgan fingerprint density at radius 3 is 2.43 bits per heavy atom. The van der Waals surface area contributed by atoms with Gasteiger partial charge in [0, 0.05) is 20.1 Å². The second-order valence-electron chi connectivity index (χ2n) is 5.28. The number of rotatable bonds is 9. The van der Waals surface area contributed by atoms with Crippen molar-refractivity contribution in [1.29, 1.82) is 0 Å². The van der Waals surface area contributed by atoms with E-state index in [2.05, 4.69) is 12.2 Å². The summed E-state index contributed by atoms with van der Waals surface area (Å²) in [5.74, 6) is 0. The van der Waals surface area contributed by atoms with Crippen LogP contribution >= 0.6 is 0 Å². The largest absolute Gasteiger partial charge is 0.393 e. The maximum Gasteiger partial charge on any atom is 0.242 e. The zero-order valence-corrected chi connectivity index (χ0v) is 13.9. The smallest absolute Gasteiger partial charge is 0.242 e. The van der Waals surface area contributed by atoms with Gasteiger partial charge >= 0.3 is 0 Å². The van der Waals surface area contributed by atoms with Crippen LogP contribution in [0.25, 0.3) is 0 Å². The van der Waals surface area contributed by atoms with Gasteiger partial charge in [0.25, 0.3) is 0 Å². The average molecular weight is 314 g/mol. The molecule has 1 atom stereocenters. The lowest BCUT2D eigenvalue weighted by Gasteiger charge is -2.18. The molecular formula is C15H26N2O3S. The van der Waals surface area contributed by atoms with Crippen molar-refractivity contribution < 1.29 is 13.5 Å². The molecule has 0 aliphatic heterocycles. The summed E-state index contributed by atoms with van der Waals surface area (Å²) in [5, 5.41) is 12.5. The van der Waals surface area contributed by atoms with E-state index in [0.29, 0.717) is 13.0 Å². The van der Waals surface area contributed by atoms with Crippen LogP contribution in [-0.4, -0.2) is 44.1 Å². The van der Waals surface area contributed by atoms with E-state index in [1.54, 1.807) is 19.1 Å². The molecule has 5 nitrogen and oxygen atoms in total. The summed E-state index contributed by atoms with van der Waals surface area (Å²) in [4.78, 5) is 0.287. The van der Waals surface area contributed by atoms with Crippen molar-refractivity contribution in [3.8, 4) is 0 Å². The predicted octanol–water partition coefficient (Wildman–Crippen LogP) is 1.58. The highest BCUT2D eigenvalue weighted by atomic mass is 32.2. The summed E-state index contributed by atoms with van der Waals surface area (Å²) in [5.41, 5.74) is 1.06. The van der Waals surface area contributed by atoms with Gasteiger partial charge in [-0.25, -0.2) is 12.7 Å². The summed E-state index contributed by atoms with van der Waals surface area (Å²) in [6, 6.07) is 6.93. The second kappa shape index (κ2) is 8.48. The molecule has 1 unspecified atom stereocenters. The Morgan fingerprint density at radius 2 is 1.90 bits per heavy atom. The van der Waals surface area contributed by atoms with Gasteiger partial charge < -0.3 is 10.4 Å². The molecule has 0 amide bonds. The number of benzene rings is 1. The summed E-state index contributed by atoms with van der Waals surface area (Å²) in [6.45, 7) is 5.75. The number of nitrogens with one attached hydrogen (secondary N) is 1. The van der Waals surface area contributed by atoms with E-state index < -0.39 is 16.1 Å². The van der Waals surface area contributed by atoms with Crippen molar-refractivity contribution >= 4 is 10.0 Å². The van der Waals surface area contributed by atoms with Crippen molar-refractivity contribution in [3.63, 3.8) is 0 Å². The molecule has 0 aliphatic rings. The van der Waals surface area contributed by atoms with Gasteiger partial charge in [-0.2, -0.15) is 0 Å². The fourth-order valence-electron chi connectivity index (χ4n) is 1.86. The van der Waals surface area contributed by atoms with Gasteiger partial charge in [-0.3, -0.25) is 0 Å². The summed E-state index contributed by atoms with van der Waals surface area (Å²) in [7, 11) is -1.94. The van der Waals surface area contributed by atoms with E-state index >= 15 is 0 Å². The second-order valence-corrected chi connectivity index (χ2v) is 7.33. The molecule has 0 saturated heterocycles. The van der Waals surface area contributed by atoms with Gasteiger partial charge in [0.05, 0.1) is 11.0 Å². The monoisotopic (exact) mass is 314 g/mol. The van der Waals surface area contributed by atoms with E-state index in [1.165, 1.54) is 11.4 Å². The highest BCUT2D eigenvalue weighted by Crippen LogP contribution is 2.15. The molecule has 0 bridgehead atoms. The molecular weight excluding hydrogens is 288 g/mol. The van der Waals surface area contributed by atoms with Gasteiger partial charge in [-0.05, 0) is 44.0 Å². The highest BCUT2D eigenvalue weighted by molar-refractivity contribution is 7.89. The fraction of sp³-hybridized carbons (Fsp3) is 0.600. The van der Waals surface area contributed by atoms with E-state index in [4.69, 9.17) is 0 Å². The first-order valence-electron chi connectivity index (χ1n) is 7.32. The van der Waals surface area contributed by atoms with E-state index in [0.717, 1.165) is 25.1 Å². The summed E-state index contributed by atoms with van der Waals surface area (Å²) < 4.78 is 26.0. The molecule has 21 heavy (non-hydrogen) atoms. The molecule has 0 fully saturated rings. The van der Waals surface area contributed by atoms with Crippen molar-refractivity contribution in [2.45, 2.75) is 44.2 Å². The first-order chi connectivity index (χ1) is 9.87. The lowest BCUT2D eigenvalue weighted by molar-refractivity contribution is 0.177. The lowest BCUT2D eigenvalue weighted by atomic mass is 10.2. The van der Waals surface area contributed by atoms with E-state index in [9.17, 15) is 13.5 Å². The third-order valence-corrected chi connectivity index (χ3v) is 5.12. The maximum absolute atomic E-state index is 12.3. The predicted molar refractivity (Wildman–Crippen MR) is 84.6 cm³/mol. The molecule has 1 aromatic carbocycles. The topological polar surface area (TPSA) is 69.6 Å².